The molecule has 1 amide bonds. The molecule has 1 heterocycles. The van der Waals surface area contributed by atoms with Crippen molar-refractivity contribution in [2.45, 2.75) is 6.61 Å². The molecule has 1 saturated heterocycles. The Morgan fingerprint density at radius 1 is 1.19 bits per heavy atom. The van der Waals surface area contributed by atoms with E-state index in [1.54, 1.807) is 37.4 Å². The molecule has 132 valence electrons. The molecular formula is C19H15N2O4S-. The van der Waals surface area contributed by atoms with Gasteiger partial charge in [0.25, 0.3) is 5.91 Å². The van der Waals surface area contributed by atoms with Gasteiger partial charge in [-0.25, -0.2) is 0 Å². The van der Waals surface area contributed by atoms with Gasteiger partial charge in [-0.1, -0.05) is 36.4 Å². The van der Waals surface area contributed by atoms with Crippen LogP contribution >= 0.6 is 12.2 Å². The third-order valence-electron chi connectivity index (χ3n) is 3.87. The maximum atomic E-state index is 12.0. The summed E-state index contributed by atoms with van der Waals surface area (Å²) < 4.78 is 5.68. The predicted molar refractivity (Wildman–Crippen MR) is 98.0 cm³/mol. The molecule has 0 aliphatic carbocycles. The van der Waals surface area contributed by atoms with Gasteiger partial charge in [0.05, 0.1) is 5.97 Å². The van der Waals surface area contributed by atoms with E-state index in [0.717, 1.165) is 11.1 Å². The number of hydrogen-bond acceptors (Lipinski definition) is 5. The van der Waals surface area contributed by atoms with E-state index in [1.807, 2.05) is 12.1 Å². The number of nitrogens with zero attached hydrogens (tertiary/aromatic N) is 1. The second kappa shape index (κ2) is 7.37. The Balaban J connectivity index is 1.62. The minimum atomic E-state index is -1.20. The van der Waals surface area contributed by atoms with Crippen molar-refractivity contribution in [1.82, 2.24) is 10.2 Å². The first-order valence-electron chi connectivity index (χ1n) is 7.78. The fourth-order valence-corrected chi connectivity index (χ4v) is 2.55. The van der Waals surface area contributed by atoms with Crippen LogP contribution in [0.5, 0.6) is 5.75 Å². The predicted octanol–water partition coefficient (Wildman–Crippen LogP) is 1.32. The molecule has 1 aliphatic heterocycles. The summed E-state index contributed by atoms with van der Waals surface area (Å²) in [6.07, 6.45) is 1.72. The minimum Gasteiger partial charge on any atom is -0.545 e. The summed E-state index contributed by atoms with van der Waals surface area (Å²) in [6.45, 7) is 0.312. The summed E-state index contributed by atoms with van der Waals surface area (Å²) >= 11 is 5.03. The van der Waals surface area contributed by atoms with Crippen LogP contribution < -0.4 is 15.2 Å². The molecule has 3 rings (SSSR count). The zero-order valence-corrected chi connectivity index (χ0v) is 14.7. The van der Waals surface area contributed by atoms with E-state index < -0.39 is 5.97 Å². The van der Waals surface area contributed by atoms with Crippen LogP contribution in [0.25, 0.3) is 6.08 Å². The van der Waals surface area contributed by atoms with Crippen molar-refractivity contribution < 1.29 is 19.4 Å². The number of aromatic carboxylic acids is 1. The normalized spacial score (nSPS) is 15.3. The molecule has 0 saturated carbocycles. The lowest BCUT2D eigenvalue weighted by atomic mass is 10.1. The maximum Gasteiger partial charge on any atom is 0.276 e. The number of thiocarbonyl (C=S) groups is 1. The number of benzene rings is 2. The molecule has 0 aromatic heterocycles. The zero-order chi connectivity index (χ0) is 18.7. The lowest BCUT2D eigenvalue weighted by Crippen LogP contribution is -2.25. The van der Waals surface area contributed by atoms with Gasteiger partial charge >= 0.3 is 0 Å². The molecule has 1 N–H and O–H groups in total. The zero-order valence-electron chi connectivity index (χ0n) is 13.9. The van der Waals surface area contributed by atoms with Gasteiger partial charge < -0.3 is 20.0 Å². The van der Waals surface area contributed by atoms with Crippen molar-refractivity contribution in [2.24, 2.45) is 0 Å². The van der Waals surface area contributed by atoms with Gasteiger partial charge in [-0.15, -0.1) is 0 Å². The van der Waals surface area contributed by atoms with E-state index in [9.17, 15) is 14.7 Å². The first kappa shape index (κ1) is 17.6. The highest BCUT2D eigenvalue weighted by Gasteiger charge is 2.26. The van der Waals surface area contributed by atoms with Gasteiger partial charge in [-0.3, -0.25) is 9.69 Å². The number of carbonyl (C=O) groups is 2. The van der Waals surface area contributed by atoms with Crippen LogP contribution in [0, 0.1) is 0 Å². The van der Waals surface area contributed by atoms with E-state index in [-0.39, 0.29) is 11.5 Å². The molecule has 1 fully saturated rings. The van der Waals surface area contributed by atoms with Crippen LogP contribution in [0.4, 0.5) is 0 Å². The summed E-state index contributed by atoms with van der Waals surface area (Å²) in [5.41, 5.74) is 2.24. The van der Waals surface area contributed by atoms with Crippen molar-refractivity contribution in [3.8, 4) is 5.75 Å². The number of carboxylic acids is 1. The van der Waals surface area contributed by atoms with Crippen LogP contribution in [0.3, 0.4) is 0 Å². The van der Waals surface area contributed by atoms with E-state index in [0.29, 0.717) is 23.2 Å². The average Bonchev–Trinajstić information content (AvgIpc) is 2.88. The number of ether oxygens (including phenoxy) is 1. The van der Waals surface area contributed by atoms with Crippen molar-refractivity contribution in [3.05, 3.63) is 70.9 Å². The largest absolute Gasteiger partial charge is 0.545 e. The topological polar surface area (TPSA) is 81.7 Å². The summed E-state index contributed by atoms with van der Waals surface area (Å²) in [7, 11) is 1.62. The number of carbonyl (C=O) groups excluding carboxylic acids is 2. The Morgan fingerprint density at radius 2 is 1.85 bits per heavy atom. The number of likely N-dealkylation sites (N-methyl/N-ethyl adjacent to an activating group) is 1. The van der Waals surface area contributed by atoms with Crippen molar-refractivity contribution in [2.75, 3.05) is 7.05 Å². The highest BCUT2D eigenvalue weighted by atomic mass is 32.1. The Bertz CT molecular complexity index is 889. The van der Waals surface area contributed by atoms with Crippen molar-refractivity contribution in [1.29, 1.82) is 0 Å². The average molecular weight is 367 g/mol. The van der Waals surface area contributed by atoms with Gasteiger partial charge in [0.1, 0.15) is 18.1 Å². The van der Waals surface area contributed by atoms with Gasteiger partial charge in [0, 0.05) is 7.05 Å². The molecule has 0 spiro atoms. The van der Waals surface area contributed by atoms with Crippen molar-refractivity contribution in [3.63, 3.8) is 0 Å². The molecule has 2 aromatic carbocycles. The number of rotatable bonds is 5. The van der Waals surface area contributed by atoms with Gasteiger partial charge in [0.15, 0.2) is 5.11 Å². The standard InChI is InChI=1S/C19H16N2O4S/c1-21-17(22)16(20-19(21)26)10-12-4-8-15(9-5-12)25-11-13-2-6-14(7-3-13)18(23)24/h2-10H,11H2,1H3,(H,20,26)(H,23,24)/p-1/b16-10-. The Hall–Kier alpha value is -3.19. The third-order valence-corrected chi connectivity index (χ3v) is 4.24. The molecule has 0 radical (unpaired) electrons. The van der Waals surface area contributed by atoms with Crippen molar-refractivity contribution >= 4 is 35.3 Å². The number of nitrogens with one attached hydrogen (secondary N) is 1. The van der Waals surface area contributed by atoms with E-state index in [1.165, 1.54) is 17.0 Å². The fourth-order valence-electron chi connectivity index (χ4n) is 2.35. The highest BCUT2D eigenvalue weighted by molar-refractivity contribution is 7.80. The van der Waals surface area contributed by atoms with Crippen LogP contribution in [-0.4, -0.2) is 28.9 Å². The molecule has 6 nitrogen and oxygen atoms in total. The summed E-state index contributed by atoms with van der Waals surface area (Å²) in [5.74, 6) is -0.714. The lowest BCUT2D eigenvalue weighted by molar-refractivity contribution is -0.255. The number of hydrogen-bond donors (Lipinski definition) is 1. The maximum absolute atomic E-state index is 12.0. The van der Waals surface area contributed by atoms with Gasteiger partial charge in [-0.2, -0.15) is 0 Å². The molecule has 2 aromatic rings. The monoisotopic (exact) mass is 367 g/mol. The van der Waals surface area contributed by atoms with E-state index in [2.05, 4.69) is 5.32 Å². The number of carboxylic acid groups (broad SMARTS) is 1. The summed E-state index contributed by atoms with van der Waals surface area (Å²) in [6, 6.07) is 13.6. The molecule has 0 unspecified atom stereocenters. The number of amides is 1. The molecule has 0 bridgehead atoms. The van der Waals surface area contributed by atoms with Crippen LogP contribution in [0.15, 0.2) is 54.2 Å². The molecule has 1 aliphatic rings. The van der Waals surface area contributed by atoms with Crippen LogP contribution in [0.2, 0.25) is 0 Å². The molecule has 0 atom stereocenters. The minimum absolute atomic E-state index is 0.131. The Kier molecular flexibility index (Phi) is 4.99. The fraction of sp³-hybridized carbons (Fsp3) is 0.105. The lowest BCUT2D eigenvalue weighted by Gasteiger charge is -2.08. The second-order valence-electron chi connectivity index (χ2n) is 5.69. The van der Waals surface area contributed by atoms with Crippen LogP contribution in [0.1, 0.15) is 21.5 Å². The second-order valence-corrected chi connectivity index (χ2v) is 6.08. The third kappa shape index (κ3) is 3.89. The smallest absolute Gasteiger partial charge is 0.276 e. The van der Waals surface area contributed by atoms with Crippen LogP contribution in [-0.2, 0) is 11.4 Å². The first-order chi connectivity index (χ1) is 12.4. The molecular weight excluding hydrogens is 352 g/mol. The molecule has 7 heteroatoms. The quantitative estimate of drug-likeness (QED) is 0.634. The first-order valence-corrected chi connectivity index (χ1v) is 8.19. The SMILES string of the molecule is CN1C(=O)/C(=C/c2ccc(OCc3ccc(C(=O)[O-])cc3)cc2)NC1=S. The Labute approximate surface area is 155 Å². The highest BCUT2D eigenvalue weighted by Crippen LogP contribution is 2.18. The summed E-state index contributed by atoms with van der Waals surface area (Å²) in [4.78, 5) is 24.1. The van der Waals surface area contributed by atoms with Gasteiger partial charge in [0.2, 0.25) is 0 Å². The summed E-state index contributed by atoms with van der Waals surface area (Å²) in [5, 5.41) is 14.0. The van der Waals surface area contributed by atoms with E-state index >= 15 is 0 Å². The van der Waals surface area contributed by atoms with E-state index in [4.69, 9.17) is 17.0 Å². The Morgan fingerprint density at radius 3 is 2.38 bits per heavy atom. The molecule has 26 heavy (non-hydrogen) atoms. The van der Waals surface area contributed by atoms with Gasteiger partial charge in [-0.05, 0) is 47.1 Å².